The van der Waals surface area contributed by atoms with Gasteiger partial charge in [0.25, 0.3) is 0 Å². The highest BCUT2D eigenvalue weighted by Crippen LogP contribution is 2.44. The van der Waals surface area contributed by atoms with E-state index in [-0.39, 0.29) is 34.0 Å². The van der Waals surface area contributed by atoms with Crippen LogP contribution in [-0.4, -0.2) is 31.3 Å². The predicted octanol–water partition coefficient (Wildman–Crippen LogP) is 2.26. The molecule has 1 heterocycles. The maximum Gasteiger partial charge on any atom is 0.451 e. The average Bonchev–Trinajstić information content (AvgIpc) is 2.44. The largest absolute Gasteiger partial charge is 0.493 e. The molecule has 6 nitrogen and oxygen atoms in total. The van der Waals surface area contributed by atoms with Crippen LogP contribution >= 0.6 is 0 Å². The number of nitrogen functional groups attached to an aromatic ring is 1. The fourth-order valence-electron chi connectivity index (χ4n) is 1.88. The molecule has 0 aliphatic heterocycles. The standard InChI is InChI=1S/C12H12F3N3O3/c1-19-6-4-5-7(9(21-3)8(6)20-2)17-11(12(13,14)15)18-10(5)16/h4H,1-3H3,(H2,16,17,18). The number of anilines is 1. The van der Waals surface area contributed by atoms with Crippen molar-refractivity contribution in [3.8, 4) is 17.2 Å². The second-order valence-corrected chi connectivity index (χ2v) is 3.97. The highest BCUT2D eigenvalue weighted by Gasteiger charge is 2.36. The molecule has 0 unspecified atom stereocenters. The Balaban J connectivity index is 2.90. The second-order valence-electron chi connectivity index (χ2n) is 3.97. The number of nitrogens with zero attached hydrogens (tertiary/aromatic N) is 2. The van der Waals surface area contributed by atoms with Gasteiger partial charge < -0.3 is 19.9 Å². The van der Waals surface area contributed by atoms with Gasteiger partial charge in [0.15, 0.2) is 11.5 Å². The minimum absolute atomic E-state index is 0.00792. The zero-order chi connectivity index (χ0) is 15.8. The van der Waals surface area contributed by atoms with Gasteiger partial charge in [0.1, 0.15) is 11.3 Å². The topological polar surface area (TPSA) is 79.5 Å². The molecule has 0 saturated heterocycles. The van der Waals surface area contributed by atoms with Crippen LogP contribution in [0.25, 0.3) is 10.9 Å². The summed E-state index contributed by atoms with van der Waals surface area (Å²) in [5.74, 6) is -1.31. The lowest BCUT2D eigenvalue weighted by atomic mass is 10.2. The molecule has 0 spiro atoms. The van der Waals surface area contributed by atoms with Gasteiger partial charge in [-0.1, -0.05) is 0 Å². The average molecular weight is 303 g/mol. The Morgan fingerprint density at radius 2 is 1.62 bits per heavy atom. The zero-order valence-electron chi connectivity index (χ0n) is 11.4. The van der Waals surface area contributed by atoms with Gasteiger partial charge in [-0.05, 0) is 6.07 Å². The van der Waals surface area contributed by atoms with E-state index < -0.39 is 12.0 Å². The van der Waals surface area contributed by atoms with Crippen LogP contribution < -0.4 is 19.9 Å². The molecular weight excluding hydrogens is 291 g/mol. The van der Waals surface area contributed by atoms with Crippen LogP contribution in [0.1, 0.15) is 5.82 Å². The predicted molar refractivity (Wildman–Crippen MR) is 68.6 cm³/mol. The van der Waals surface area contributed by atoms with Crippen molar-refractivity contribution in [1.82, 2.24) is 9.97 Å². The summed E-state index contributed by atoms with van der Waals surface area (Å²) in [4.78, 5) is 6.75. The minimum Gasteiger partial charge on any atom is -0.493 e. The minimum atomic E-state index is -4.72. The SMILES string of the molecule is COc1cc2c(N)nc(C(F)(F)F)nc2c(OC)c1OC. The van der Waals surface area contributed by atoms with Crippen LogP contribution in [-0.2, 0) is 6.18 Å². The third kappa shape index (κ3) is 2.46. The third-order valence-electron chi connectivity index (χ3n) is 2.78. The number of nitrogens with two attached hydrogens (primary N) is 1. The Morgan fingerprint density at radius 1 is 1.00 bits per heavy atom. The number of aromatic nitrogens is 2. The second kappa shape index (κ2) is 5.15. The molecule has 0 bridgehead atoms. The maximum atomic E-state index is 12.8. The highest BCUT2D eigenvalue weighted by atomic mass is 19.4. The van der Waals surface area contributed by atoms with Gasteiger partial charge in [-0.25, -0.2) is 9.97 Å². The molecule has 0 amide bonds. The summed E-state index contributed by atoms with van der Waals surface area (Å²) in [7, 11) is 3.99. The molecule has 2 aromatic rings. The Morgan fingerprint density at radius 3 is 2.10 bits per heavy atom. The van der Waals surface area contributed by atoms with E-state index in [4.69, 9.17) is 19.9 Å². The van der Waals surface area contributed by atoms with Crippen LogP contribution in [0.5, 0.6) is 17.2 Å². The first-order valence-corrected chi connectivity index (χ1v) is 5.66. The Hall–Kier alpha value is -2.45. The number of hydrogen-bond acceptors (Lipinski definition) is 6. The van der Waals surface area contributed by atoms with E-state index in [0.29, 0.717) is 0 Å². The van der Waals surface area contributed by atoms with E-state index in [9.17, 15) is 13.2 Å². The van der Waals surface area contributed by atoms with E-state index in [0.717, 1.165) is 0 Å². The van der Waals surface area contributed by atoms with E-state index >= 15 is 0 Å². The van der Waals surface area contributed by atoms with Crippen molar-refractivity contribution in [2.75, 3.05) is 27.1 Å². The van der Waals surface area contributed by atoms with E-state index in [1.165, 1.54) is 27.4 Å². The molecule has 0 fully saturated rings. The first-order chi connectivity index (χ1) is 9.83. The number of halogens is 3. The molecule has 0 atom stereocenters. The number of methoxy groups -OCH3 is 3. The summed E-state index contributed by atoms with van der Waals surface area (Å²) in [6.07, 6.45) is -4.72. The Bertz CT molecular complexity index is 689. The molecule has 0 aliphatic carbocycles. The number of benzene rings is 1. The van der Waals surface area contributed by atoms with Gasteiger partial charge in [-0.2, -0.15) is 13.2 Å². The van der Waals surface area contributed by atoms with Gasteiger partial charge in [-0.3, -0.25) is 0 Å². The van der Waals surface area contributed by atoms with Crippen LogP contribution in [0.3, 0.4) is 0 Å². The lowest BCUT2D eigenvalue weighted by Gasteiger charge is -2.16. The summed E-state index contributed by atoms with van der Waals surface area (Å²) < 4.78 is 53.6. The Labute approximate surface area is 117 Å². The summed E-state index contributed by atoms with van der Waals surface area (Å²) in [6.45, 7) is 0. The first-order valence-electron chi connectivity index (χ1n) is 5.66. The molecule has 2 rings (SSSR count). The fraction of sp³-hybridized carbons (Fsp3) is 0.333. The molecule has 114 valence electrons. The third-order valence-corrected chi connectivity index (χ3v) is 2.78. The van der Waals surface area contributed by atoms with E-state index in [2.05, 4.69) is 9.97 Å². The van der Waals surface area contributed by atoms with Crippen molar-refractivity contribution in [3.05, 3.63) is 11.9 Å². The van der Waals surface area contributed by atoms with Gasteiger partial charge in [0.05, 0.1) is 26.7 Å². The van der Waals surface area contributed by atoms with E-state index in [1.807, 2.05) is 0 Å². The van der Waals surface area contributed by atoms with Crippen molar-refractivity contribution in [3.63, 3.8) is 0 Å². The quantitative estimate of drug-likeness (QED) is 0.937. The van der Waals surface area contributed by atoms with E-state index in [1.54, 1.807) is 0 Å². The number of ether oxygens (including phenoxy) is 3. The van der Waals surface area contributed by atoms with Crippen LogP contribution in [0, 0.1) is 0 Å². The lowest BCUT2D eigenvalue weighted by molar-refractivity contribution is -0.144. The Kier molecular flexibility index (Phi) is 3.67. The maximum absolute atomic E-state index is 12.8. The number of rotatable bonds is 3. The molecule has 1 aromatic carbocycles. The summed E-state index contributed by atoms with van der Waals surface area (Å²) in [6, 6.07) is 1.40. The number of hydrogen-bond donors (Lipinski definition) is 1. The van der Waals surface area contributed by atoms with Gasteiger partial charge >= 0.3 is 6.18 Å². The number of alkyl halides is 3. The summed E-state index contributed by atoms with van der Waals surface area (Å²) in [5, 5.41) is 0.178. The summed E-state index contributed by atoms with van der Waals surface area (Å²) in [5.41, 5.74) is 5.49. The lowest BCUT2D eigenvalue weighted by Crippen LogP contribution is -2.13. The molecule has 2 N–H and O–H groups in total. The molecule has 0 aliphatic rings. The van der Waals surface area contributed by atoms with Crippen molar-refractivity contribution >= 4 is 16.7 Å². The molecule has 1 aromatic heterocycles. The molecule has 21 heavy (non-hydrogen) atoms. The monoisotopic (exact) mass is 303 g/mol. The van der Waals surface area contributed by atoms with Crippen LogP contribution in [0.4, 0.5) is 19.0 Å². The number of fused-ring (bicyclic) bond motifs is 1. The van der Waals surface area contributed by atoms with Gasteiger partial charge in [0, 0.05) is 0 Å². The van der Waals surface area contributed by atoms with Crippen molar-refractivity contribution in [2.24, 2.45) is 0 Å². The smallest absolute Gasteiger partial charge is 0.451 e. The molecule has 0 radical (unpaired) electrons. The summed E-state index contributed by atoms with van der Waals surface area (Å²) >= 11 is 0. The van der Waals surface area contributed by atoms with Crippen LogP contribution in [0.2, 0.25) is 0 Å². The van der Waals surface area contributed by atoms with Gasteiger partial charge in [0.2, 0.25) is 11.6 Å². The van der Waals surface area contributed by atoms with Crippen molar-refractivity contribution in [2.45, 2.75) is 6.18 Å². The fourth-order valence-corrected chi connectivity index (χ4v) is 1.88. The molecule has 0 saturated carbocycles. The van der Waals surface area contributed by atoms with Crippen LogP contribution in [0.15, 0.2) is 6.07 Å². The molecular formula is C12H12F3N3O3. The van der Waals surface area contributed by atoms with Crippen molar-refractivity contribution in [1.29, 1.82) is 0 Å². The first kappa shape index (κ1) is 14.9. The van der Waals surface area contributed by atoms with Crippen molar-refractivity contribution < 1.29 is 27.4 Å². The zero-order valence-corrected chi connectivity index (χ0v) is 11.4. The van der Waals surface area contributed by atoms with Gasteiger partial charge in [-0.15, -0.1) is 0 Å². The molecule has 9 heteroatoms. The normalized spacial score (nSPS) is 11.5. The highest BCUT2D eigenvalue weighted by molar-refractivity contribution is 5.96.